The average molecular weight is 456 g/mol. The van der Waals surface area contributed by atoms with Crippen LogP contribution in [0.3, 0.4) is 0 Å². The molecule has 0 aliphatic rings. The SMILES string of the molecule is [2H]C([2H])([2H])c1cnc2c(c1)nc1n(-c3cccc(-c4cccc(-c5ccccc5)n4)c3)c3cnccc3n21. The monoisotopic (exact) mass is 455 g/mol. The first-order chi connectivity index (χ1) is 18.5. The number of nitrogens with zero attached hydrogens (tertiary/aromatic N) is 6. The highest BCUT2D eigenvalue weighted by molar-refractivity contribution is 5.90. The Balaban J connectivity index is 1.43. The molecule has 0 amide bonds. The van der Waals surface area contributed by atoms with Gasteiger partial charge in [-0.1, -0.05) is 48.5 Å². The van der Waals surface area contributed by atoms with Crippen LogP contribution in [0, 0.1) is 6.85 Å². The molecule has 7 rings (SSSR count). The van der Waals surface area contributed by atoms with Gasteiger partial charge in [-0.2, -0.15) is 0 Å². The summed E-state index contributed by atoms with van der Waals surface area (Å²) in [5.41, 5.74) is 7.68. The number of aromatic nitrogens is 6. The minimum atomic E-state index is -2.26. The van der Waals surface area contributed by atoms with Gasteiger partial charge in [0.1, 0.15) is 5.52 Å². The third kappa shape index (κ3) is 3.11. The number of benzene rings is 2. The molecule has 0 atom stereocenters. The molecule has 0 bridgehead atoms. The maximum absolute atomic E-state index is 7.77. The molecule has 0 radical (unpaired) electrons. The zero-order chi connectivity index (χ0) is 25.9. The van der Waals surface area contributed by atoms with Crippen molar-refractivity contribution in [2.24, 2.45) is 0 Å². The van der Waals surface area contributed by atoms with Gasteiger partial charge in [-0.25, -0.2) is 15.0 Å². The van der Waals surface area contributed by atoms with Crippen LogP contribution in [-0.4, -0.2) is 28.9 Å². The average Bonchev–Trinajstić information content (AvgIpc) is 3.47. The molecule has 0 aliphatic carbocycles. The van der Waals surface area contributed by atoms with E-state index in [9.17, 15) is 0 Å². The number of rotatable bonds is 3. The molecule has 7 aromatic rings. The maximum atomic E-state index is 7.77. The molecule has 0 N–H and O–H groups in total. The molecular formula is C29H20N6. The van der Waals surface area contributed by atoms with E-state index >= 15 is 0 Å². The van der Waals surface area contributed by atoms with E-state index in [1.807, 2.05) is 81.8 Å². The summed E-state index contributed by atoms with van der Waals surface area (Å²) < 4.78 is 27.3. The smallest absolute Gasteiger partial charge is 0.222 e. The van der Waals surface area contributed by atoms with Gasteiger partial charge in [0.15, 0.2) is 5.65 Å². The van der Waals surface area contributed by atoms with E-state index in [1.54, 1.807) is 18.5 Å². The predicted molar refractivity (Wildman–Crippen MR) is 139 cm³/mol. The van der Waals surface area contributed by atoms with Crippen molar-refractivity contribution < 1.29 is 4.11 Å². The van der Waals surface area contributed by atoms with Gasteiger partial charge in [-0.3, -0.25) is 14.0 Å². The molecular weight excluding hydrogens is 432 g/mol. The van der Waals surface area contributed by atoms with Crippen LogP contribution in [-0.2, 0) is 0 Å². The second-order valence-electron chi connectivity index (χ2n) is 8.34. The van der Waals surface area contributed by atoms with Crippen LogP contribution in [0.4, 0.5) is 0 Å². The lowest BCUT2D eigenvalue weighted by atomic mass is 10.1. The minimum absolute atomic E-state index is 0.162. The lowest BCUT2D eigenvalue weighted by Gasteiger charge is -2.09. The lowest BCUT2D eigenvalue weighted by Crippen LogP contribution is -1.96. The molecule has 6 heteroatoms. The lowest BCUT2D eigenvalue weighted by molar-refractivity contribution is 1.10. The van der Waals surface area contributed by atoms with Crippen molar-refractivity contribution in [1.29, 1.82) is 0 Å². The fourth-order valence-corrected chi connectivity index (χ4v) is 4.60. The zero-order valence-electron chi connectivity index (χ0n) is 21.5. The van der Waals surface area contributed by atoms with Gasteiger partial charge in [-0.15, -0.1) is 0 Å². The van der Waals surface area contributed by atoms with Gasteiger partial charge in [0.2, 0.25) is 5.78 Å². The Morgan fingerprint density at radius 2 is 1.57 bits per heavy atom. The van der Waals surface area contributed by atoms with Crippen molar-refractivity contribution in [3.8, 4) is 28.2 Å². The Bertz CT molecular complexity index is 1970. The number of aryl methyl sites for hydroxylation is 1. The quantitative estimate of drug-likeness (QED) is 0.316. The van der Waals surface area contributed by atoms with Crippen LogP contribution in [0.2, 0.25) is 0 Å². The first-order valence-corrected chi connectivity index (χ1v) is 11.2. The molecule has 166 valence electrons. The van der Waals surface area contributed by atoms with E-state index in [0.717, 1.165) is 39.2 Å². The Morgan fingerprint density at radius 3 is 2.46 bits per heavy atom. The highest BCUT2D eigenvalue weighted by atomic mass is 15.2. The van der Waals surface area contributed by atoms with Gasteiger partial charge in [-0.05, 0) is 48.8 Å². The summed E-state index contributed by atoms with van der Waals surface area (Å²) in [6, 6.07) is 27.7. The van der Waals surface area contributed by atoms with Crippen molar-refractivity contribution >= 4 is 28.0 Å². The van der Waals surface area contributed by atoms with Crippen LogP contribution in [0.25, 0.3) is 56.2 Å². The second kappa shape index (κ2) is 7.60. The van der Waals surface area contributed by atoms with Crippen molar-refractivity contribution in [3.63, 3.8) is 0 Å². The van der Waals surface area contributed by atoms with Crippen LogP contribution < -0.4 is 0 Å². The molecule has 0 saturated heterocycles. The van der Waals surface area contributed by atoms with E-state index in [2.05, 4.69) is 16.0 Å². The summed E-state index contributed by atoms with van der Waals surface area (Å²) in [4.78, 5) is 18.6. The second-order valence-corrected chi connectivity index (χ2v) is 8.34. The molecule has 0 saturated carbocycles. The van der Waals surface area contributed by atoms with Crippen molar-refractivity contribution in [2.75, 3.05) is 0 Å². The Morgan fingerprint density at radius 1 is 0.743 bits per heavy atom. The summed E-state index contributed by atoms with van der Waals surface area (Å²) in [7, 11) is 0. The zero-order valence-corrected chi connectivity index (χ0v) is 18.5. The largest absolute Gasteiger partial charge is 0.277 e. The summed E-state index contributed by atoms with van der Waals surface area (Å²) in [6.45, 7) is -2.26. The van der Waals surface area contributed by atoms with Gasteiger partial charge in [0.05, 0.1) is 28.6 Å². The maximum Gasteiger partial charge on any atom is 0.222 e. The van der Waals surface area contributed by atoms with Crippen LogP contribution in [0.15, 0.2) is 104 Å². The van der Waals surface area contributed by atoms with Crippen molar-refractivity contribution in [1.82, 2.24) is 28.9 Å². The molecule has 0 fully saturated rings. The minimum Gasteiger partial charge on any atom is -0.277 e. The van der Waals surface area contributed by atoms with Crippen LogP contribution in [0.5, 0.6) is 0 Å². The summed E-state index contributed by atoms with van der Waals surface area (Å²) in [5, 5.41) is 0. The van der Waals surface area contributed by atoms with Gasteiger partial charge in [0.25, 0.3) is 0 Å². The number of pyridine rings is 3. The number of fused-ring (bicyclic) bond motifs is 5. The van der Waals surface area contributed by atoms with Crippen LogP contribution in [0.1, 0.15) is 9.68 Å². The standard InChI is InChI=1S/C29H20N6/c1-19-15-25-28(31-17-19)35-26-13-14-30-18-27(26)34(29(35)33-25)22-10-5-9-21(16-22)24-12-6-11-23(32-24)20-7-3-2-4-8-20/h2-18H,1H3/i1D3. The Kier molecular flexibility index (Phi) is 3.63. The summed E-state index contributed by atoms with van der Waals surface area (Å²) in [5.74, 6) is 0.626. The van der Waals surface area contributed by atoms with Gasteiger partial charge in [0, 0.05) is 33.3 Å². The van der Waals surface area contributed by atoms with Gasteiger partial charge >= 0.3 is 0 Å². The molecule has 2 aromatic carbocycles. The van der Waals surface area contributed by atoms with E-state index < -0.39 is 6.85 Å². The molecule has 0 spiro atoms. The third-order valence-corrected chi connectivity index (χ3v) is 6.16. The van der Waals surface area contributed by atoms with E-state index in [0.29, 0.717) is 16.9 Å². The van der Waals surface area contributed by atoms with Crippen molar-refractivity contribution in [2.45, 2.75) is 6.85 Å². The number of hydrogen-bond donors (Lipinski definition) is 0. The fourth-order valence-electron chi connectivity index (χ4n) is 4.60. The Hall–Kier alpha value is -4.84. The third-order valence-electron chi connectivity index (χ3n) is 6.16. The molecule has 6 nitrogen and oxygen atoms in total. The highest BCUT2D eigenvalue weighted by Gasteiger charge is 2.18. The normalized spacial score (nSPS) is 13.2. The molecule has 0 unspecified atom stereocenters. The van der Waals surface area contributed by atoms with Crippen molar-refractivity contribution in [3.05, 3.63) is 109 Å². The van der Waals surface area contributed by atoms with E-state index in [-0.39, 0.29) is 5.56 Å². The van der Waals surface area contributed by atoms with Gasteiger partial charge < -0.3 is 0 Å². The Labute approximate surface area is 205 Å². The fraction of sp³-hybridized carbons (Fsp3) is 0.0345. The molecule has 5 heterocycles. The molecule has 35 heavy (non-hydrogen) atoms. The van der Waals surface area contributed by atoms with Crippen LogP contribution >= 0.6 is 0 Å². The molecule has 5 aromatic heterocycles. The summed E-state index contributed by atoms with van der Waals surface area (Å²) >= 11 is 0. The highest BCUT2D eigenvalue weighted by Crippen LogP contribution is 2.30. The van der Waals surface area contributed by atoms with E-state index in [1.165, 1.54) is 6.20 Å². The number of imidazole rings is 2. The topological polar surface area (TPSA) is 60.9 Å². The first-order valence-electron chi connectivity index (χ1n) is 12.7. The van der Waals surface area contributed by atoms with E-state index in [4.69, 9.17) is 14.1 Å². The first kappa shape index (κ1) is 16.7. The predicted octanol–water partition coefficient (Wildman–Crippen LogP) is 6.26. The molecule has 0 aliphatic heterocycles. The summed E-state index contributed by atoms with van der Waals surface area (Å²) in [6.07, 6.45) is 4.93. The number of hydrogen-bond acceptors (Lipinski definition) is 4.